The molecule has 0 heterocycles. The van der Waals surface area contributed by atoms with E-state index >= 15 is 26.3 Å². The molecule has 318 valence electrons. The summed E-state index contributed by atoms with van der Waals surface area (Å²) >= 11 is 0. The van der Waals surface area contributed by atoms with Crippen molar-refractivity contribution in [2.24, 2.45) is 0 Å². The molecular weight excluding hydrogens is 915 g/mol. The van der Waals surface area contributed by atoms with E-state index in [1.165, 1.54) is 38.2 Å². The third-order valence-electron chi connectivity index (χ3n) is 9.53. The molecule has 1 fully saturated rings. The Hall–Kier alpha value is -5.04. The van der Waals surface area contributed by atoms with E-state index in [1.54, 1.807) is 0 Å². The van der Waals surface area contributed by atoms with Gasteiger partial charge in [-0.05, 0) is 0 Å². The van der Waals surface area contributed by atoms with Gasteiger partial charge in [-0.2, -0.15) is 49.2 Å². The van der Waals surface area contributed by atoms with Crippen molar-refractivity contribution in [1.29, 1.82) is 0 Å². The minimum Gasteiger partial charge on any atom is -0.207 e. The van der Waals surface area contributed by atoms with Crippen LogP contribution in [0.4, 0.5) is 65.9 Å². The number of halogens is 15. The number of hydrogen-bond acceptors (Lipinski definition) is 0. The Morgan fingerprint density at radius 3 is 0.705 bits per heavy atom. The summed E-state index contributed by atoms with van der Waals surface area (Å²) in [6.07, 6.45) is 0.0819. The van der Waals surface area contributed by atoms with E-state index < -0.39 is 122 Å². The molecule has 0 amide bonds. The smallest absolute Gasteiger partial charge is 0.207 e. The number of rotatable bonds is 5. The van der Waals surface area contributed by atoms with Gasteiger partial charge < -0.3 is 0 Å². The zero-order valence-corrected chi connectivity index (χ0v) is 34.0. The Bertz CT molecular complexity index is 2110. The Balaban J connectivity index is 0.000000401. The fourth-order valence-electron chi connectivity index (χ4n) is 6.71. The Labute approximate surface area is 360 Å². The van der Waals surface area contributed by atoms with Crippen molar-refractivity contribution in [2.75, 3.05) is 0 Å². The molecule has 0 radical (unpaired) electrons. The molecule has 0 aliphatic heterocycles. The predicted molar refractivity (Wildman–Crippen MR) is 198 cm³/mol. The van der Waals surface area contributed by atoms with Crippen LogP contribution in [-0.2, 0) is 32.5 Å². The van der Waals surface area contributed by atoms with Gasteiger partial charge in [0, 0.05) is 0 Å². The van der Waals surface area contributed by atoms with Crippen molar-refractivity contribution in [3.05, 3.63) is 209 Å². The quantitative estimate of drug-likeness (QED) is 0.0531. The summed E-state index contributed by atoms with van der Waals surface area (Å²) < 4.78 is 220. The van der Waals surface area contributed by atoms with E-state index in [0.29, 0.717) is 0 Å². The SMILES string of the molecule is C1CCCC1.Fc1c(F)c(F)c([B-](Cc2ccccc2)(c2c(F)c(F)c(F)c(F)c2F)c2c(F)c(F)c(F)c(F)c2F)c(F)c1F.[CH2-]c1ccccc1.[CH2-]c1ccccc1.[Zr+4]. The van der Waals surface area contributed by atoms with E-state index in [-0.39, 0.29) is 26.2 Å². The van der Waals surface area contributed by atoms with Crippen molar-refractivity contribution in [2.45, 2.75) is 38.4 Å². The maximum atomic E-state index is 15.3. The Morgan fingerprint density at radius 2 is 0.508 bits per heavy atom. The van der Waals surface area contributed by atoms with Gasteiger partial charge in [0.2, 0.25) is 0 Å². The van der Waals surface area contributed by atoms with Crippen LogP contribution in [-0.4, -0.2) is 6.15 Å². The molecule has 61 heavy (non-hydrogen) atoms. The topological polar surface area (TPSA) is 0 Å². The molecule has 0 atom stereocenters. The second-order valence-electron chi connectivity index (χ2n) is 13.4. The van der Waals surface area contributed by atoms with Crippen LogP contribution in [0.1, 0.15) is 48.8 Å². The molecule has 0 bridgehead atoms. The predicted octanol–water partition coefficient (Wildman–Crippen LogP) is 11.7. The molecule has 0 aromatic heterocycles. The first-order valence-electron chi connectivity index (χ1n) is 17.9. The molecule has 0 N–H and O–H groups in total. The fraction of sp³-hybridized carbons (Fsp3) is 0.136. The van der Waals surface area contributed by atoms with Gasteiger partial charge in [-0.25, -0.2) is 65.9 Å². The third kappa shape index (κ3) is 10.9. The standard InChI is InChI=1S/C25H7BF15.2C7H7.C5H10.Zr/c27-11-8(12(28)18(34)23(39)17(11)33)26(6-7-4-2-1-3-5-7,9-13(29)19(35)24(40)20(36)14(9)30)10-15(31)21(37)25(41)22(38)16(10)32;2*1-7-5-3-2-4-6-7;1-2-4-5-3-1;/h1-5H,6H2;2*2-6H,1H2;1-5H2;/q3*-1;;+4. The van der Waals surface area contributed by atoms with Gasteiger partial charge in [-0.3, -0.25) is 0 Å². The van der Waals surface area contributed by atoms with Crippen LogP contribution < -0.4 is 16.4 Å². The van der Waals surface area contributed by atoms with E-state index in [0.717, 1.165) is 35.4 Å². The molecule has 7 rings (SSSR count). The minimum atomic E-state index is -5.59. The monoisotopic (exact) mass is 945 g/mol. The van der Waals surface area contributed by atoms with Gasteiger partial charge in [-0.15, -0.1) is 47.0 Å². The van der Waals surface area contributed by atoms with Gasteiger partial charge in [0.25, 0.3) is 0 Å². The Morgan fingerprint density at radius 1 is 0.311 bits per heavy atom. The Kier molecular flexibility index (Phi) is 18.3. The zero-order chi connectivity index (χ0) is 44.5. The second kappa shape index (κ2) is 22.2. The van der Waals surface area contributed by atoms with Gasteiger partial charge in [-0.1, -0.05) is 80.1 Å². The van der Waals surface area contributed by atoms with Crippen molar-refractivity contribution in [3.63, 3.8) is 0 Å². The molecule has 0 saturated heterocycles. The molecule has 1 aliphatic carbocycles. The van der Waals surface area contributed by atoms with E-state index in [4.69, 9.17) is 0 Å². The molecule has 6 aromatic carbocycles. The largest absolute Gasteiger partial charge is 4.00 e. The molecule has 0 unspecified atom stereocenters. The van der Waals surface area contributed by atoms with Crippen LogP contribution in [0.25, 0.3) is 0 Å². The number of benzene rings is 6. The molecule has 17 heteroatoms. The second-order valence-corrected chi connectivity index (χ2v) is 13.4. The van der Waals surface area contributed by atoms with E-state index in [1.807, 2.05) is 60.7 Å². The average molecular weight is 947 g/mol. The number of hydrogen-bond donors (Lipinski definition) is 0. The molecular formula is C44H31BF15Zr+. The van der Waals surface area contributed by atoms with Crippen LogP contribution in [0.3, 0.4) is 0 Å². The van der Waals surface area contributed by atoms with Crippen molar-refractivity contribution in [1.82, 2.24) is 0 Å². The van der Waals surface area contributed by atoms with Crippen molar-refractivity contribution >= 4 is 22.5 Å². The summed E-state index contributed by atoms with van der Waals surface area (Å²) in [6, 6.07) is 24.7. The average Bonchev–Trinajstić information content (AvgIpc) is 3.85. The normalized spacial score (nSPS) is 11.9. The van der Waals surface area contributed by atoms with Crippen LogP contribution in [0.2, 0.25) is 0 Å². The summed E-state index contributed by atoms with van der Waals surface area (Å²) in [5.74, 6) is -45.2. The molecule has 1 aliphatic rings. The third-order valence-corrected chi connectivity index (χ3v) is 9.53. The van der Waals surface area contributed by atoms with E-state index in [9.17, 15) is 39.5 Å². The minimum absolute atomic E-state index is 0. The van der Waals surface area contributed by atoms with Crippen molar-refractivity contribution < 1.29 is 92.1 Å². The van der Waals surface area contributed by atoms with Crippen LogP contribution in [0.15, 0.2) is 91.0 Å². The molecule has 0 spiro atoms. The van der Waals surface area contributed by atoms with Crippen molar-refractivity contribution in [3.8, 4) is 0 Å². The first kappa shape index (κ1) is 50.3. The summed E-state index contributed by atoms with van der Waals surface area (Å²) in [7, 11) is 0. The van der Waals surface area contributed by atoms with Crippen LogP contribution >= 0.6 is 0 Å². The fourth-order valence-corrected chi connectivity index (χ4v) is 6.71. The van der Waals surface area contributed by atoms with Crippen LogP contribution in [0, 0.1) is 101 Å². The van der Waals surface area contributed by atoms with Gasteiger partial charge in [0.15, 0.2) is 52.4 Å². The summed E-state index contributed by atoms with van der Waals surface area (Å²) in [6.45, 7) is 7.44. The maximum Gasteiger partial charge on any atom is 4.00 e. The summed E-state index contributed by atoms with van der Waals surface area (Å²) in [5.41, 5.74) is -6.35. The van der Waals surface area contributed by atoms with E-state index in [2.05, 4.69) is 13.8 Å². The zero-order valence-electron chi connectivity index (χ0n) is 31.6. The van der Waals surface area contributed by atoms with Crippen LogP contribution in [0.5, 0.6) is 0 Å². The maximum absolute atomic E-state index is 15.3. The molecule has 0 nitrogen and oxygen atoms in total. The molecule has 6 aromatic rings. The first-order valence-corrected chi connectivity index (χ1v) is 17.9. The first-order chi connectivity index (χ1) is 28.4. The van der Waals surface area contributed by atoms with Gasteiger partial charge in [0.1, 0.15) is 41.0 Å². The molecule has 1 saturated carbocycles. The van der Waals surface area contributed by atoms with Gasteiger partial charge in [0.05, 0.1) is 0 Å². The van der Waals surface area contributed by atoms with Gasteiger partial charge >= 0.3 is 26.2 Å². The summed E-state index contributed by atoms with van der Waals surface area (Å²) in [5, 5.41) is 0. The summed E-state index contributed by atoms with van der Waals surface area (Å²) in [4.78, 5) is 0.